The van der Waals surface area contributed by atoms with Crippen LogP contribution >= 0.6 is 8.58 Å². The van der Waals surface area contributed by atoms with Crippen molar-refractivity contribution in [3.63, 3.8) is 0 Å². The third kappa shape index (κ3) is 4.03. The number of anilines is 1. The molecule has 0 spiro atoms. The maximum Gasteiger partial charge on any atom is 0.126 e. The summed E-state index contributed by atoms with van der Waals surface area (Å²) in [4.78, 5) is 2.26. The number of phenolic OH excluding ortho intramolecular Hbond substituents is 1. The molecule has 1 unspecified atom stereocenters. The number of aromatic hydroxyl groups is 1. The summed E-state index contributed by atoms with van der Waals surface area (Å²) < 4.78 is 0. The van der Waals surface area contributed by atoms with E-state index >= 15 is 0 Å². The molecule has 0 heterocycles. The molecule has 0 bridgehead atoms. The van der Waals surface area contributed by atoms with Crippen LogP contribution in [0.25, 0.3) is 0 Å². The van der Waals surface area contributed by atoms with Crippen LogP contribution in [0.3, 0.4) is 0 Å². The predicted molar refractivity (Wildman–Crippen MR) is 110 cm³/mol. The Morgan fingerprint density at radius 3 is 2.28 bits per heavy atom. The van der Waals surface area contributed by atoms with E-state index in [2.05, 4.69) is 61.3 Å². The monoisotopic (exact) mass is 349 g/mol. The highest BCUT2D eigenvalue weighted by Crippen LogP contribution is 2.25. The summed E-state index contributed by atoms with van der Waals surface area (Å²) in [6.07, 6.45) is 0. The van der Waals surface area contributed by atoms with Gasteiger partial charge in [0.15, 0.2) is 0 Å². The first-order valence-corrected chi connectivity index (χ1v) is 9.46. The number of para-hydroxylation sites is 2. The van der Waals surface area contributed by atoms with Gasteiger partial charge in [-0.2, -0.15) is 0 Å². The second kappa shape index (κ2) is 7.72. The second-order valence-corrected chi connectivity index (χ2v) is 7.69. The Kier molecular flexibility index (Phi) is 5.40. The van der Waals surface area contributed by atoms with Crippen LogP contribution in [0, 0.1) is 13.8 Å². The zero-order valence-corrected chi connectivity index (χ0v) is 16.0. The van der Waals surface area contributed by atoms with Crippen LogP contribution in [0.5, 0.6) is 5.75 Å². The zero-order chi connectivity index (χ0) is 17.8. The SMILES string of the molecule is Cc1cccc(Pc2c(C)cccc2CN(C)c2ccccc2)c1O. The van der Waals surface area contributed by atoms with E-state index in [1.54, 1.807) is 0 Å². The third-order valence-electron chi connectivity index (χ3n) is 4.46. The minimum atomic E-state index is 0.423. The lowest BCUT2D eigenvalue weighted by atomic mass is 10.1. The van der Waals surface area contributed by atoms with Gasteiger partial charge in [0.05, 0.1) is 0 Å². The summed E-state index contributed by atoms with van der Waals surface area (Å²) in [6.45, 7) is 4.95. The maximum absolute atomic E-state index is 10.4. The second-order valence-electron chi connectivity index (χ2n) is 6.40. The van der Waals surface area contributed by atoms with Crippen molar-refractivity contribution in [1.29, 1.82) is 0 Å². The van der Waals surface area contributed by atoms with Gasteiger partial charge in [0.1, 0.15) is 5.75 Å². The summed E-state index contributed by atoms with van der Waals surface area (Å²) in [5, 5.41) is 12.7. The van der Waals surface area contributed by atoms with Crippen LogP contribution in [0.1, 0.15) is 16.7 Å². The fourth-order valence-electron chi connectivity index (χ4n) is 2.96. The summed E-state index contributed by atoms with van der Waals surface area (Å²) in [6, 6.07) is 22.9. The first-order valence-electron chi connectivity index (χ1n) is 8.46. The zero-order valence-electron chi connectivity index (χ0n) is 15.0. The Balaban J connectivity index is 1.91. The Hall–Kier alpha value is -2.31. The van der Waals surface area contributed by atoms with Crippen molar-refractivity contribution in [2.24, 2.45) is 0 Å². The van der Waals surface area contributed by atoms with Crippen molar-refractivity contribution in [2.75, 3.05) is 11.9 Å². The molecule has 0 aliphatic carbocycles. The van der Waals surface area contributed by atoms with Crippen molar-refractivity contribution in [1.82, 2.24) is 0 Å². The van der Waals surface area contributed by atoms with E-state index < -0.39 is 0 Å². The number of hydrogen-bond acceptors (Lipinski definition) is 2. The van der Waals surface area contributed by atoms with E-state index in [0.29, 0.717) is 14.3 Å². The first kappa shape index (κ1) is 17.5. The van der Waals surface area contributed by atoms with Gasteiger partial charge >= 0.3 is 0 Å². The molecule has 3 rings (SSSR count). The molecule has 0 radical (unpaired) electrons. The number of benzene rings is 3. The van der Waals surface area contributed by atoms with Gasteiger partial charge in [0.25, 0.3) is 0 Å². The molecule has 0 saturated carbocycles. The molecule has 3 heteroatoms. The van der Waals surface area contributed by atoms with E-state index in [1.165, 1.54) is 22.1 Å². The normalized spacial score (nSPS) is 11.2. The van der Waals surface area contributed by atoms with E-state index in [0.717, 1.165) is 17.4 Å². The number of nitrogens with zero attached hydrogens (tertiary/aromatic N) is 1. The van der Waals surface area contributed by atoms with Crippen LogP contribution < -0.4 is 15.5 Å². The van der Waals surface area contributed by atoms with Gasteiger partial charge in [-0.15, -0.1) is 0 Å². The molecule has 1 N–H and O–H groups in total. The van der Waals surface area contributed by atoms with Crippen molar-refractivity contribution in [3.05, 3.63) is 83.4 Å². The van der Waals surface area contributed by atoms with Gasteiger partial charge in [-0.05, 0) is 48.0 Å². The molecule has 3 aromatic rings. The standard InChI is InChI=1S/C22H24NOP/c1-16-9-8-14-20(21(16)24)25-22-17(2)10-7-11-18(22)15-23(3)19-12-5-4-6-13-19/h4-14,24-25H,15H2,1-3H3. The summed E-state index contributed by atoms with van der Waals surface area (Å²) >= 11 is 0. The largest absolute Gasteiger partial charge is 0.507 e. The highest BCUT2D eigenvalue weighted by molar-refractivity contribution is 7.56. The lowest BCUT2D eigenvalue weighted by molar-refractivity contribution is 0.475. The Bertz CT molecular complexity index is 861. The van der Waals surface area contributed by atoms with Gasteiger partial charge in [-0.1, -0.05) is 63.2 Å². The van der Waals surface area contributed by atoms with E-state index in [1.807, 2.05) is 31.2 Å². The van der Waals surface area contributed by atoms with Crippen molar-refractivity contribution >= 4 is 24.9 Å². The summed E-state index contributed by atoms with van der Waals surface area (Å²) in [5.41, 5.74) is 4.72. The van der Waals surface area contributed by atoms with Crippen LogP contribution in [0.2, 0.25) is 0 Å². The minimum Gasteiger partial charge on any atom is -0.507 e. The fourth-order valence-corrected chi connectivity index (χ4v) is 4.33. The van der Waals surface area contributed by atoms with Gasteiger partial charge in [-0.25, -0.2) is 0 Å². The predicted octanol–water partition coefficient (Wildman–Crippen LogP) is 4.27. The van der Waals surface area contributed by atoms with E-state index in [9.17, 15) is 5.11 Å². The Labute approximate surface area is 151 Å². The molecule has 0 fully saturated rings. The molecule has 25 heavy (non-hydrogen) atoms. The lowest BCUT2D eigenvalue weighted by Gasteiger charge is -2.22. The summed E-state index contributed by atoms with van der Waals surface area (Å²) in [5.74, 6) is 0.423. The molecule has 0 aliphatic heterocycles. The summed E-state index contributed by atoms with van der Waals surface area (Å²) in [7, 11) is 2.57. The molecule has 0 aromatic heterocycles. The molecular weight excluding hydrogens is 325 g/mol. The molecule has 128 valence electrons. The number of rotatable bonds is 5. The highest BCUT2D eigenvalue weighted by atomic mass is 31.1. The Morgan fingerprint density at radius 2 is 1.52 bits per heavy atom. The molecule has 0 saturated heterocycles. The lowest BCUT2D eigenvalue weighted by Crippen LogP contribution is -2.22. The maximum atomic E-state index is 10.4. The van der Waals surface area contributed by atoms with Crippen LogP contribution in [-0.4, -0.2) is 12.2 Å². The number of aryl methyl sites for hydroxylation is 2. The van der Waals surface area contributed by atoms with Crippen LogP contribution in [-0.2, 0) is 6.54 Å². The molecule has 1 atom stereocenters. The van der Waals surface area contributed by atoms with Crippen LogP contribution in [0.4, 0.5) is 5.69 Å². The average Bonchev–Trinajstić information content (AvgIpc) is 2.62. The smallest absolute Gasteiger partial charge is 0.126 e. The molecule has 0 aliphatic rings. The van der Waals surface area contributed by atoms with Gasteiger partial charge in [-0.3, -0.25) is 0 Å². The molecule has 2 nitrogen and oxygen atoms in total. The molecule has 3 aromatic carbocycles. The van der Waals surface area contributed by atoms with Crippen molar-refractivity contribution in [2.45, 2.75) is 20.4 Å². The topological polar surface area (TPSA) is 23.5 Å². The van der Waals surface area contributed by atoms with Crippen molar-refractivity contribution < 1.29 is 5.11 Å². The highest BCUT2D eigenvalue weighted by Gasteiger charge is 2.12. The average molecular weight is 349 g/mol. The fraction of sp³-hybridized carbons (Fsp3) is 0.182. The molecule has 0 amide bonds. The van der Waals surface area contributed by atoms with Gasteiger partial charge in [0.2, 0.25) is 0 Å². The van der Waals surface area contributed by atoms with E-state index in [4.69, 9.17) is 0 Å². The number of hydrogen-bond donors (Lipinski definition) is 1. The first-order chi connectivity index (χ1) is 12.1. The number of phenols is 1. The van der Waals surface area contributed by atoms with E-state index in [-0.39, 0.29) is 0 Å². The van der Waals surface area contributed by atoms with Gasteiger partial charge in [0, 0.05) is 24.6 Å². The van der Waals surface area contributed by atoms with Crippen molar-refractivity contribution in [3.8, 4) is 5.75 Å². The minimum absolute atomic E-state index is 0.423. The Morgan fingerprint density at radius 1 is 0.840 bits per heavy atom. The quantitative estimate of drug-likeness (QED) is 0.695. The third-order valence-corrected chi connectivity index (χ3v) is 6.10. The van der Waals surface area contributed by atoms with Gasteiger partial charge < -0.3 is 10.0 Å². The molecular formula is C22H24NOP. The van der Waals surface area contributed by atoms with Crippen LogP contribution in [0.15, 0.2) is 66.7 Å².